The number of hydrogen-bond donors (Lipinski definition) is 1. The monoisotopic (exact) mass is 385 g/mol. The number of nitrogens with two attached hydrogens (primary N) is 1. The normalized spacial score (nSPS) is 19.9. The molecule has 0 spiro atoms. The van der Waals surface area contributed by atoms with Crippen molar-refractivity contribution in [1.82, 2.24) is 9.80 Å². The summed E-state index contributed by atoms with van der Waals surface area (Å²) in [5.41, 5.74) is 6.28. The highest BCUT2D eigenvalue weighted by Crippen LogP contribution is 2.28. The van der Waals surface area contributed by atoms with Crippen LogP contribution in [0.25, 0.3) is 0 Å². The Morgan fingerprint density at radius 3 is 2.00 bits per heavy atom. The van der Waals surface area contributed by atoms with E-state index in [9.17, 15) is 9.59 Å². The van der Waals surface area contributed by atoms with Gasteiger partial charge in [-0.3, -0.25) is 9.59 Å². The summed E-state index contributed by atoms with van der Waals surface area (Å²) in [6.07, 6.45) is 4.76. The van der Waals surface area contributed by atoms with E-state index in [0.29, 0.717) is 36.8 Å². The van der Waals surface area contributed by atoms with Gasteiger partial charge in [0.2, 0.25) is 5.91 Å². The van der Waals surface area contributed by atoms with Crippen molar-refractivity contribution in [3.8, 4) is 0 Å². The van der Waals surface area contributed by atoms with E-state index in [2.05, 4.69) is 0 Å². The lowest BCUT2D eigenvalue weighted by Crippen LogP contribution is -2.60. The van der Waals surface area contributed by atoms with Gasteiger partial charge in [-0.25, -0.2) is 0 Å². The highest BCUT2D eigenvalue weighted by molar-refractivity contribution is 6.30. The fourth-order valence-corrected chi connectivity index (χ4v) is 3.73. The summed E-state index contributed by atoms with van der Waals surface area (Å²) in [5, 5.41) is 0.614. The molecule has 0 radical (unpaired) electrons. The molecule has 2 fully saturated rings. The standard InChI is InChI=1S/C18H24ClN3O2.ClH/c19-15-6-4-14(5-7-15)16(23)21-10-12-22(13-11-21)17(24)18(20)8-2-1-3-9-18;/h4-7H,1-3,8-13,20H2;1H. The Morgan fingerprint density at radius 1 is 0.920 bits per heavy atom. The lowest BCUT2D eigenvalue weighted by Gasteiger charge is -2.41. The summed E-state index contributed by atoms with van der Waals surface area (Å²) >= 11 is 5.86. The molecular formula is C18H25Cl2N3O2. The first-order chi connectivity index (χ1) is 11.5. The third-order valence-corrected chi connectivity index (χ3v) is 5.37. The molecule has 1 heterocycles. The van der Waals surface area contributed by atoms with Crippen LogP contribution >= 0.6 is 24.0 Å². The molecule has 2 N–H and O–H groups in total. The fraction of sp³-hybridized carbons (Fsp3) is 0.556. The minimum absolute atomic E-state index is 0. The minimum atomic E-state index is -0.694. The number of hydrogen-bond acceptors (Lipinski definition) is 3. The molecule has 25 heavy (non-hydrogen) atoms. The number of amides is 2. The molecule has 2 aliphatic rings. The van der Waals surface area contributed by atoms with Crippen LogP contribution in [0.5, 0.6) is 0 Å². The van der Waals surface area contributed by atoms with E-state index >= 15 is 0 Å². The molecule has 1 saturated carbocycles. The third kappa shape index (κ3) is 4.46. The molecule has 3 rings (SSSR count). The summed E-state index contributed by atoms with van der Waals surface area (Å²) in [4.78, 5) is 28.9. The molecule has 138 valence electrons. The molecule has 0 atom stereocenters. The van der Waals surface area contributed by atoms with Gasteiger partial charge in [0.05, 0.1) is 5.54 Å². The van der Waals surface area contributed by atoms with E-state index in [1.54, 1.807) is 29.2 Å². The van der Waals surface area contributed by atoms with Gasteiger partial charge in [-0.1, -0.05) is 30.9 Å². The van der Waals surface area contributed by atoms with Crippen molar-refractivity contribution in [3.05, 3.63) is 34.9 Å². The summed E-state index contributed by atoms with van der Waals surface area (Å²) in [6, 6.07) is 6.91. The van der Waals surface area contributed by atoms with Crippen LogP contribution in [0, 0.1) is 0 Å². The van der Waals surface area contributed by atoms with Crippen molar-refractivity contribution in [2.75, 3.05) is 26.2 Å². The molecule has 0 aromatic heterocycles. The van der Waals surface area contributed by atoms with Crippen LogP contribution in [0.4, 0.5) is 0 Å². The molecule has 1 aromatic rings. The number of halogens is 2. The second-order valence-electron chi connectivity index (χ2n) is 6.81. The van der Waals surface area contributed by atoms with Crippen LogP contribution in [0.2, 0.25) is 5.02 Å². The SMILES string of the molecule is Cl.NC1(C(=O)N2CCN(C(=O)c3ccc(Cl)cc3)CC2)CCCCC1. The fourth-order valence-electron chi connectivity index (χ4n) is 3.60. The van der Waals surface area contributed by atoms with E-state index in [4.69, 9.17) is 17.3 Å². The van der Waals surface area contributed by atoms with Gasteiger partial charge >= 0.3 is 0 Å². The molecule has 1 saturated heterocycles. The first-order valence-corrected chi connectivity index (χ1v) is 9.00. The zero-order chi connectivity index (χ0) is 17.2. The predicted molar refractivity (Wildman–Crippen MR) is 101 cm³/mol. The van der Waals surface area contributed by atoms with Crippen molar-refractivity contribution in [3.63, 3.8) is 0 Å². The van der Waals surface area contributed by atoms with Crippen LogP contribution in [-0.2, 0) is 4.79 Å². The Kier molecular flexibility index (Phi) is 6.72. The number of piperazine rings is 1. The number of benzene rings is 1. The van der Waals surface area contributed by atoms with Gasteiger partial charge in [0.25, 0.3) is 5.91 Å². The average molecular weight is 386 g/mol. The summed E-state index contributed by atoms with van der Waals surface area (Å²) < 4.78 is 0. The van der Waals surface area contributed by atoms with Crippen LogP contribution in [0.1, 0.15) is 42.5 Å². The molecule has 2 amide bonds. The van der Waals surface area contributed by atoms with Gasteiger partial charge in [-0.05, 0) is 37.1 Å². The summed E-state index contributed by atoms with van der Waals surface area (Å²) in [6.45, 7) is 2.20. The van der Waals surface area contributed by atoms with E-state index < -0.39 is 5.54 Å². The van der Waals surface area contributed by atoms with Gasteiger partial charge < -0.3 is 15.5 Å². The maximum Gasteiger partial charge on any atom is 0.253 e. The Hall–Kier alpha value is -1.30. The predicted octanol–water partition coefficient (Wildman–Crippen LogP) is 2.71. The van der Waals surface area contributed by atoms with Crippen LogP contribution in [0.15, 0.2) is 24.3 Å². The highest BCUT2D eigenvalue weighted by Gasteiger charge is 2.39. The van der Waals surface area contributed by atoms with E-state index in [1.807, 2.05) is 4.90 Å². The number of rotatable bonds is 2. The molecule has 0 unspecified atom stereocenters. The van der Waals surface area contributed by atoms with E-state index in [0.717, 1.165) is 32.1 Å². The highest BCUT2D eigenvalue weighted by atomic mass is 35.5. The molecule has 1 aliphatic carbocycles. The van der Waals surface area contributed by atoms with Crippen LogP contribution < -0.4 is 5.73 Å². The van der Waals surface area contributed by atoms with Crippen LogP contribution in [-0.4, -0.2) is 53.3 Å². The zero-order valence-electron chi connectivity index (χ0n) is 14.2. The lowest BCUT2D eigenvalue weighted by atomic mass is 9.81. The summed E-state index contributed by atoms with van der Waals surface area (Å²) in [5.74, 6) is 0.0414. The second kappa shape index (κ2) is 8.39. The average Bonchev–Trinajstić information content (AvgIpc) is 2.62. The van der Waals surface area contributed by atoms with Crippen molar-refractivity contribution in [1.29, 1.82) is 0 Å². The van der Waals surface area contributed by atoms with Crippen molar-refractivity contribution in [2.45, 2.75) is 37.6 Å². The molecule has 5 nitrogen and oxygen atoms in total. The smallest absolute Gasteiger partial charge is 0.253 e. The molecule has 1 aliphatic heterocycles. The van der Waals surface area contributed by atoms with Gasteiger partial charge in [0.15, 0.2) is 0 Å². The number of carbonyl (C=O) groups is 2. The van der Waals surface area contributed by atoms with Gasteiger partial charge in [-0.2, -0.15) is 0 Å². The Labute approximate surface area is 159 Å². The first-order valence-electron chi connectivity index (χ1n) is 8.63. The molecular weight excluding hydrogens is 361 g/mol. The molecule has 0 bridgehead atoms. The van der Waals surface area contributed by atoms with Gasteiger partial charge in [0, 0.05) is 36.8 Å². The van der Waals surface area contributed by atoms with Gasteiger partial charge in [-0.15, -0.1) is 12.4 Å². The largest absolute Gasteiger partial charge is 0.338 e. The van der Waals surface area contributed by atoms with Gasteiger partial charge in [0.1, 0.15) is 0 Å². The maximum atomic E-state index is 12.7. The van der Waals surface area contributed by atoms with E-state index in [-0.39, 0.29) is 24.2 Å². The number of nitrogens with zero attached hydrogens (tertiary/aromatic N) is 2. The Balaban J connectivity index is 0.00000225. The Bertz CT molecular complexity index is 607. The lowest BCUT2D eigenvalue weighted by molar-refractivity contribution is -0.139. The minimum Gasteiger partial charge on any atom is -0.338 e. The molecule has 1 aromatic carbocycles. The number of carbonyl (C=O) groups excluding carboxylic acids is 2. The van der Waals surface area contributed by atoms with Crippen LogP contribution in [0.3, 0.4) is 0 Å². The van der Waals surface area contributed by atoms with Crippen molar-refractivity contribution >= 4 is 35.8 Å². The summed E-state index contributed by atoms with van der Waals surface area (Å²) in [7, 11) is 0. The second-order valence-corrected chi connectivity index (χ2v) is 7.24. The Morgan fingerprint density at radius 2 is 1.44 bits per heavy atom. The van der Waals surface area contributed by atoms with Crippen molar-refractivity contribution in [2.24, 2.45) is 5.73 Å². The molecule has 7 heteroatoms. The maximum absolute atomic E-state index is 12.7. The quantitative estimate of drug-likeness (QED) is 0.850. The van der Waals surface area contributed by atoms with Crippen molar-refractivity contribution < 1.29 is 9.59 Å². The first kappa shape index (κ1) is 20.0. The topological polar surface area (TPSA) is 66.6 Å². The third-order valence-electron chi connectivity index (χ3n) is 5.12. The zero-order valence-corrected chi connectivity index (χ0v) is 15.8. The van der Waals surface area contributed by atoms with E-state index in [1.165, 1.54) is 0 Å².